The van der Waals surface area contributed by atoms with Crippen molar-refractivity contribution in [3.63, 3.8) is 0 Å². The fourth-order valence-corrected chi connectivity index (χ4v) is 1.54. The summed E-state index contributed by atoms with van der Waals surface area (Å²) in [6.45, 7) is 3.48. The molecular formula is C14H23NO2. The number of methoxy groups -OCH3 is 1. The van der Waals surface area contributed by atoms with Crippen molar-refractivity contribution >= 4 is 0 Å². The smallest absolute Gasteiger partial charge is 0.119 e. The van der Waals surface area contributed by atoms with E-state index in [4.69, 9.17) is 15.2 Å². The highest BCUT2D eigenvalue weighted by atomic mass is 16.5. The first kappa shape index (κ1) is 14.0. The van der Waals surface area contributed by atoms with E-state index in [2.05, 4.69) is 12.1 Å². The van der Waals surface area contributed by atoms with Crippen LogP contribution in [0.1, 0.15) is 25.3 Å². The average Bonchev–Trinajstić information content (AvgIpc) is 2.33. The normalized spacial score (nSPS) is 12.4. The minimum atomic E-state index is 0.264. The van der Waals surface area contributed by atoms with Crippen LogP contribution in [0.5, 0.6) is 5.75 Å². The highest BCUT2D eigenvalue weighted by molar-refractivity contribution is 5.27. The molecular weight excluding hydrogens is 214 g/mol. The lowest BCUT2D eigenvalue weighted by Gasteiger charge is -2.08. The molecule has 0 amide bonds. The summed E-state index contributed by atoms with van der Waals surface area (Å²) in [5, 5.41) is 0. The van der Waals surface area contributed by atoms with Crippen LogP contribution in [-0.4, -0.2) is 26.4 Å². The lowest BCUT2D eigenvalue weighted by molar-refractivity contribution is 0.172. The van der Waals surface area contributed by atoms with E-state index in [1.165, 1.54) is 5.56 Å². The maximum atomic E-state index is 5.73. The van der Waals surface area contributed by atoms with Gasteiger partial charge in [-0.1, -0.05) is 12.1 Å². The fourth-order valence-electron chi connectivity index (χ4n) is 1.54. The van der Waals surface area contributed by atoms with E-state index in [-0.39, 0.29) is 6.04 Å². The maximum Gasteiger partial charge on any atom is 0.119 e. The minimum Gasteiger partial charge on any atom is -0.494 e. The largest absolute Gasteiger partial charge is 0.494 e. The number of benzene rings is 1. The van der Waals surface area contributed by atoms with Crippen LogP contribution in [0.15, 0.2) is 24.3 Å². The van der Waals surface area contributed by atoms with Crippen molar-refractivity contribution in [3.05, 3.63) is 29.8 Å². The third kappa shape index (κ3) is 6.29. The summed E-state index contributed by atoms with van der Waals surface area (Å²) in [6.07, 6.45) is 2.97. The monoisotopic (exact) mass is 237 g/mol. The first-order valence-corrected chi connectivity index (χ1v) is 6.18. The standard InChI is InChI=1S/C14H23NO2/c1-12(15)4-5-13-6-8-14(9-7-13)17-11-3-10-16-2/h6-9,12H,3-5,10-11,15H2,1-2H3. The van der Waals surface area contributed by atoms with Crippen LogP contribution < -0.4 is 10.5 Å². The zero-order valence-corrected chi connectivity index (χ0v) is 10.8. The summed E-state index contributed by atoms with van der Waals surface area (Å²) >= 11 is 0. The Morgan fingerprint density at radius 2 is 1.88 bits per heavy atom. The third-order valence-electron chi connectivity index (χ3n) is 2.57. The van der Waals surface area contributed by atoms with E-state index in [0.29, 0.717) is 6.61 Å². The van der Waals surface area contributed by atoms with E-state index in [1.54, 1.807) is 7.11 Å². The molecule has 17 heavy (non-hydrogen) atoms. The lowest BCUT2D eigenvalue weighted by atomic mass is 10.1. The molecule has 1 rings (SSSR count). The van der Waals surface area contributed by atoms with Gasteiger partial charge in [0, 0.05) is 26.2 Å². The number of hydrogen-bond donors (Lipinski definition) is 1. The molecule has 1 aromatic carbocycles. The Morgan fingerprint density at radius 1 is 1.18 bits per heavy atom. The van der Waals surface area contributed by atoms with Gasteiger partial charge in [-0.15, -0.1) is 0 Å². The van der Waals surface area contributed by atoms with Gasteiger partial charge in [-0.05, 0) is 37.5 Å². The van der Waals surface area contributed by atoms with Crippen LogP contribution in [0.25, 0.3) is 0 Å². The van der Waals surface area contributed by atoms with Gasteiger partial charge in [0.25, 0.3) is 0 Å². The number of rotatable bonds is 8. The molecule has 0 aliphatic carbocycles. The Hall–Kier alpha value is -1.06. The quantitative estimate of drug-likeness (QED) is 0.706. The summed E-state index contributed by atoms with van der Waals surface area (Å²) in [6, 6.07) is 8.51. The number of hydrogen-bond acceptors (Lipinski definition) is 3. The summed E-state index contributed by atoms with van der Waals surface area (Å²) in [5.41, 5.74) is 7.04. The second kappa shape index (κ2) is 8.09. The molecule has 0 aliphatic rings. The van der Waals surface area contributed by atoms with Crippen molar-refractivity contribution in [3.8, 4) is 5.75 Å². The van der Waals surface area contributed by atoms with E-state index < -0.39 is 0 Å². The predicted molar refractivity (Wildman–Crippen MR) is 70.4 cm³/mol. The molecule has 0 radical (unpaired) electrons. The number of aryl methyl sites for hydroxylation is 1. The fraction of sp³-hybridized carbons (Fsp3) is 0.571. The molecule has 1 unspecified atom stereocenters. The van der Waals surface area contributed by atoms with Gasteiger partial charge in [-0.3, -0.25) is 0 Å². The predicted octanol–water partition coefficient (Wildman–Crippen LogP) is 2.38. The van der Waals surface area contributed by atoms with Gasteiger partial charge >= 0.3 is 0 Å². The van der Waals surface area contributed by atoms with Gasteiger partial charge < -0.3 is 15.2 Å². The Kier molecular flexibility index (Phi) is 6.67. The molecule has 96 valence electrons. The van der Waals surface area contributed by atoms with Crippen molar-refractivity contribution in [1.82, 2.24) is 0 Å². The Balaban J connectivity index is 2.29. The Labute approximate surface area is 104 Å². The van der Waals surface area contributed by atoms with Gasteiger partial charge in [-0.2, -0.15) is 0 Å². The van der Waals surface area contributed by atoms with E-state index in [9.17, 15) is 0 Å². The first-order valence-electron chi connectivity index (χ1n) is 6.18. The van der Waals surface area contributed by atoms with Crippen LogP contribution in [0.4, 0.5) is 0 Å². The maximum absolute atomic E-state index is 5.73. The Morgan fingerprint density at radius 3 is 2.47 bits per heavy atom. The average molecular weight is 237 g/mol. The van der Waals surface area contributed by atoms with Crippen molar-refractivity contribution in [2.75, 3.05) is 20.3 Å². The molecule has 0 bridgehead atoms. The second-order valence-corrected chi connectivity index (χ2v) is 4.35. The van der Waals surface area contributed by atoms with Gasteiger partial charge in [-0.25, -0.2) is 0 Å². The zero-order chi connectivity index (χ0) is 12.5. The summed E-state index contributed by atoms with van der Waals surface area (Å²) in [5.74, 6) is 0.922. The second-order valence-electron chi connectivity index (χ2n) is 4.35. The van der Waals surface area contributed by atoms with Crippen molar-refractivity contribution in [1.29, 1.82) is 0 Å². The van der Waals surface area contributed by atoms with Gasteiger partial charge in [0.1, 0.15) is 5.75 Å². The molecule has 0 fully saturated rings. The zero-order valence-electron chi connectivity index (χ0n) is 10.8. The van der Waals surface area contributed by atoms with E-state index >= 15 is 0 Å². The molecule has 1 aromatic rings. The van der Waals surface area contributed by atoms with Crippen molar-refractivity contribution in [2.45, 2.75) is 32.2 Å². The van der Waals surface area contributed by atoms with Crippen molar-refractivity contribution in [2.24, 2.45) is 5.73 Å². The van der Waals surface area contributed by atoms with Crippen LogP contribution in [-0.2, 0) is 11.2 Å². The first-order chi connectivity index (χ1) is 8.22. The number of ether oxygens (including phenoxy) is 2. The lowest BCUT2D eigenvalue weighted by Crippen LogP contribution is -2.15. The van der Waals surface area contributed by atoms with Gasteiger partial charge in [0.05, 0.1) is 6.61 Å². The van der Waals surface area contributed by atoms with E-state index in [0.717, 1.165) is 31.6 Å². The molecule has 3 heteroatoms. The molecule has 2 N–H and O–H groups in total. The summed E-state index contributed by atoms with van der Waals surface area (Å²) in [7, 11) is 1.70. The van der Waals surface area contributed by atoms with E-state index in [1.807, 2.05) is 19.1 Å². The molecule has 0 saturated heterocycles. The highest BCUT2D eigenvalue weighted by Gasteiger charge is 1.98. The topological polar surface area (TPSA) is 44.5 Å². The molecule has 0 saturated carbocycles. The molecule has 0 heterocycles. The molecule has 0 aliphatic heterocycles. The molecule has 0 aromatic heterocycles. The van der Waals surface area contributed by atoms with Gasteiger partial charge in [0.2, 0.25) is 0 Å². The highest BCUT2D eigenvalue weighted by Crippen LogP contribution is 2.13. The van der Waals surface area contributed by atoms with Crippen LogP contribution in [0.2, 0.25) is 0 Å². The molecule has 0 spiro atoms. The Bertz CT molecular complexity index is 296. The van der Waals surface area contributed by atoms with Crippen LogP contribution >= 0.6 is 0 Å². The molecule has 3 nitrogen and oxygen atoms in total. The van der Waals surface area contributed by atoms with Crippen LogP contribution in [0, 0.1) is 0 Å². The summed E-state index contributed by atoms with van der Waals surface area (Å²) < 4.78 is 10.5. The molecule has 1 atom stereocenters. The van der Waals surface area contributed by atoms with Crippen LogP contribution in [0.3, 0.4) is 0 Å². The van der Waals surface area contributed by atoms with Crippen molar-refractivity contribution < 1.29 is 9.47 Å². The number of nitrogens with two attached hydrogens (primary N) is 1. The summed E-state index contributed by atoms with van der Waals surface area (Å²) in [4.78, 5) is 0. The minimum absolute atomic E-state index is 0.264. The SMILES string of the molecule is COCCCOc1ccc(CCC(C)N)cc1. The van der Waals surface area contributed by atoms with Gasteiger partial charge in [0.15, 0.2) is 0 Å². The third-order valence-corrected chi connectivity index (χ3v) is 2.57.